The molecule has 2 aromatic rings. The van der Waals surface area contributed by atoms with Crippen molar-refractivity contribution in [2.24, 2.45) is 5.92 Å². The second-order valence-corrected chi connectivity index (χ2v) is 5.27. The molecule has 2 aromatic carbocycles. The fraction of sp³-hybridized carbons (Fsp3) is 0.176. The maximum atomic E-state index is 13.6. The second kappa shape index (κ2) is 5.67. The molecule has 0 fully saturated rings. The third kappa shape index (κ3) is 2.62. The number of carbonyl (C=O) groups excluding carboxylic acids is 2. The summed E-state index contributed by atoms with van der Waals surface area (Å²) < 4.78 is 27.1. The number of Topliss-reactive ketones (excluding diaryl/α,β-unsaturated/α-hetero) is 1. The molecule has 5 heteroatoms. The van der Waals surface area contributed by atoms with Crippen molar-refractivity contribution in [2.45, 2.75) is 12.8 Å². The number of anilines is 1. The van der Waals surface area contributed by atoms with E-state index in [2.05, 4.69) is 5.32 Å². The quantitative estimate of drug-likeness (QED) is 0.924. The molecular weight excluding hydrogens is 288 g/mol. The normalized spacial score (nSPS) is 17.0. The number of hydrogen-bond donors (Lipinski definition) is 1. The average Bonchev–Trinajstić information content (AvgIpc) is 2.51. The first kappa shape index (κ1) is 14.4. The molecule has 0 heterocycles. The monoisotopic (exact) mass is 301 g/mol. The number of carbonyl (C=O) groups is 2. The van der Waals surface area contributed by atoms with Crippen molar-refractivity contribution in [1.29, 1.82) is 0 Å². The molecule has 0 saturated carbocycles. The van der Waals surface area contributed by atoms with Crippen molar-refractivity contribution in [3.63, 3.8) is 0 Å². The lowest BCUT2D eigenvalue weighted by molar-refractivity contribution is -0.120. The van der Waals surface area contributed by atoms with Crippen LogP contribution in [0.15, 0.2) is 42.5 Å². The summed E-state index contributed by atoms with van der Waals surface area (Å²) in [5.41, 5.74) is 0.926. The lowest BCUT2D eigenvalue weighted by Crippen LogP contribution is -2.31. The van der Waals surface area contributed by atoms with Gasteiger partial charge in [0.2, 0.25) is 5.91 Å². The Morgan fingerprint density at radius 1 is 1.00 bits per heavy atom. The third-order valence-electron chi connectivity index (χ3n) is 3.80. The van der Waals surface area contributed by atoms with Gasteiger partial charge in [0.05, 0.1) is 0 Å². The number of fused-ring (bicyclic) bond motifs is 1. The predicted octanol–water partition coefficient (Wildman–Crippen LogP) is 3.35. The molecular formula is C17H13F2NO2. The number of amides is 1. The lowest BCUT2D eigenvalue weighted by atomic mass is 9.82. The van der Waals surface area contributed by atoms with Gasteiger partial charge in [-0.3, -0.25) is 9.59 Å². The van der Waals surface area contributed by atoms with E-state index in [9.17, 15) is 18.4 Å². The summed E-state index contributed by atoms with van der Waals surface area (Å²) in [5, 5.41) is 2.26. The molecule has 0 aliphatic heterocycles. The highest BCUT2D eigenvalue weighted by molar-refractivity contribution is 6.03. The van der Waals surface area contributed by atoms with E-state index < -0.39 is 29.1 Å². The molecule has 1 N–H and O–H groups in total. The summed E-state index contributed by atoms with van der Waals surface area (Å²) in [7, 11) is 0. The zero-order chi connectivity index (χ0) is 15.7. The van der Waals surface area contributed by atoms with Gasteiger partial charge < -0.3 is 5.32 Å². The van der Waals surface area contributed by atoms with E-state index >= 15 is 0 Å². The largest absolute Gasteiger partial charge is 0.321 e. The minimum absolute atomic E-state index is 0.0406. The molecule has 112 valence electrons. The number of benzene rings is 2. The molecule has 1 aliphatic carbocycles. The van der Waals surface area contributed by atoms with Crippen LogP contribution in [0.1, 0.15) is 22.3 Å². The first-order valence-corrected chi connectivity index (χ1v) is 6.92. The number of nitrogens with one attached hydrogen (secondary N) is 1. The lowest BCUT2D eigenvalue weighted by Gasteiger charge is -2.23. The second-order valence-electron chi connectivity index (χ2n) is 5.27. The molecule has 1 aliphatic rings. The van der Waals surface area contributed by atoms with Crippen molar-refractivity contribution in [3.8, 4) is 0 Å². The minimum atomic E-state index is -0.837. The molecule has 1 unspecified atom stereocenters. The van der Waals surface area contributed by atoms with Gasteiger partial charge in [-0.1, -0.05) is 30.3 Å². The van der Waals surface area contributed by atoms with Crippen molar-refractivity contribution in [3.05, 3.63) is 65.2 Å². The first-order valence-electron chi connectivity index (χ1n) is 6.92. The number of hydrogen-bond acceptors (Lipinski definition) is 2. The summed E-state index contributed by atoms with van der Waals surface area (Å²) in [6.07, 6.45) is 0.419. The van der Waals surface area contributed by atoms with Crippen molar-refractivity contribution in [1.82, 2.24) is 0 Å². The van der Waals surface area contributed by atoms with Crippen LogP contribution in [0, 0.1) is 17.6 Å². The van der Waals surface area contributed by atoms with Gasteiger partial charge in [-0.15, -0.1) is 0 Å². The van der Waals surface area contributed by atoms with E-state index in [0.717, 1.165) is 17.7 Å². The van der Waals surface area contributed by atoms with Crippen LogP contribution in [-0.2, 0) is 11.2 Å². The van der Waals surface area contributed by atoms with Gasteiger partial charge in [0, 0.05) is 17.9 Å². The number of para-hydroxylation sites is 1. The summed E-state index contributed by atoms with van der Waals surface area (Å²) in [6, 6.07) is 10.4. The Morgan fingerprint density at radius 3 is 2.41 bits per heavy atom. The molecule has 0 radical (unpaired) electrons. The van der Waals surface area contributed by atoms with Crippen molar-refractivity contribution in [2.75, 3.05) is 5.32 Å². The highest BCUT2D eigenvalue weighted by Crippen LogP contribution is 2.27. The molecule has 0 aromatic heterocycles. The smallest absolute Gasteiger partial charge is 0.228 e. The SMILES string of the molecule is O=C1CC(C(=O)Nc2c(F)cccc2F)Cc2ccccc21. The van der Waals surface area contributed by atoms with Gasteiger partial charge >= 0.3 is 0 Å². The van der Waals surface area contributed by atoms with E-state index in [0.29, 0.717) is 12.0 Å². The number of ketones is 1. The van der Waals surface area contributed by atoms with Gasteiger partial charge in [0.1, 0.15) is 17.3 Å². The number of rotatable bonds is 2. The Morgan fingerprint density at radius 2 is 1.68 bits per heavy atom. The standard InChI is InChI=1S/C17H13F2NO2/c18-13-6-3-7-14(19)16(13)20-17(22)11-8-10-4-1-2-5-12(10)15(21)9-11/h1-7,11H,8-9H2,(H,20,22). The summed E-state index contributed by atoms with van der Waals surface area (Å²) >= 11 is 0. The highest BCUT2D eigenvalue weighted by Gasteiger charge is 2.30. The van der Waals surface area contributed by atoms with Gasteiger partial charge in [-0.05, 0) is 24.1 Å². The molecule has 3 nitrogen and oxygen atoms in total. The van der Waals surface area contributed by atoms with E-state index in [1.54, 1.807) is 24.3 Å². The summed E-state index contributed by atoms with van der Waals surface area (Å²) in [5.74, 6) is -2.98. The zero-order valence-electron chi connectivity index (χ0n) is 11.6. The van der Waals surface area contributed by atoms with Crippen molar-refractivity contribution >= 4 is 17.4 Å². The fourth-order valence-corrected chi connectivity index (χ4v) is 2.67. The topological polar surface area (TPSA) is 46.2 Å². The van der Waals surface area contributed by atoms with Crippen LogP contribution in [-0.4, -0.2) is 11.7 Å². The van der Waals surface area contributed by atoms with E-state index in [1.165, 1.54) is 6.07 Å². The molecule has 1 amide bonds. The minimum Gasteiger partial charge on any atom is -0.321 e. The van der Waals surface area contributed by atoms with Crippen LogP contribution in [0.25, 0.3) is 0 Å². The Hall–Kier alpha value is -2.56. The predicted molar refractivity (Wildman–Crippen MR) is 77.6 cm³/mol. The highest BCUT2D eigenvalue weighted by atomic mass is 19.1. The Bertz CT molecular complexity index is 738. The van der Waals surface area contributed by atoms with Crippen LogP contribution < -0.4 is 5.32 Å². The molecule has 0 bridgehead atoms. The van der Waals surface area contributed by atoms with E-state index in [1.807, 2.05) is 0 Å². The average molecular weight is 301 g/mol. The van der Waals surface area contributed by atoms with Gasteiger partial charge in [0.25, 0.3) is 0 Å². The Labute approximate surface area is 126 Å². The van der Waals surface area contributed by atoms with Gasteiger partial charge in [-0.2, -0.15) is 0 Å². The summed E-state index contributed by atoms with van der Waals surface area (Å²) in [4.78, 5) is 24.3. The van der Waals surface area contributed by atoms with Gasteiger partial charge in [0.15, 0.2) is 5.78 Å². The fourth-order valence-electron chi connectivity index (χ4n) is 2.67. The van der Waals surface area contributed by atoms with Crippen LogP contribution in [0.2, 0.25) is 0 Å². The molecule has 3 rings (SSSR count). The van der Waals surface area contributed by atoms with E-state index in [4.69, 9.17) is 0 Å². The summed E-state index contributed by atoms with van der Waals surface area (Å²) in [6.45, 7) is 0. The van der Waals surface area contributed by atoms with Crippen LogP contribution in [0.4, 0.5) is 14.5 Å². The van der Waals surface area contributed by atoms with Gasteiger partial charge in [-0.25, -0.2) is 8.78 Å². The molecule has 1 atom stereocenters. The molecule has 0 spiro atoms. The van der Waals surface area contributed by atoms with Crippen molar-refractivity contribution < 1.29 is 18.4 Å². The third-order valence-corrected chi connectivity index (χ3v) is 3.80. The molecule has 0 saturated heterocycles. The molecule has 22 heavy (non-hydrogen) atoms. The Kier molecular flexibility index (Phi) is 3.71. The maximum Gasteiger partial charge on any atom is 0.228 e. The Balaban J connectivity index is 1.81. The maximum absolute atomic E-state index is 13.6. The van der Waals surface area contributed by atoms with Crippen LogP contribution >= 0.6 is 0 Å². The van der Waals surface area contributed by atoms with Crippen LogP contribution in [0.3, 0.4) is 0 Å². The first-order chi connectivity index (χ1) is 10.6. The number of halogens is 2. The van der Waals surface area contributed by atoms with Crippen LogP contribution in [0.5, 0.6) is 0 Å². The zero-order valence-corrected chi connectivity index (χ0v) is 11.6. The van der Waals surface area contributed by atoms with E-state index in [-0.39, 0.29) is 12.2 Å².